The quantitative estimate of drug-likeness (QED) is 0.880. The zero-order valence-electron chi connectivity index (χ0n) is 14.4. The highest BCUT2D eigenvalue weighted by Gasteiger charge is 2.25. The number of halogens is 1. The van der Waals surface area contributed by atoms with Crippen LogP contribution >= 0.6 is 0 Å². The van der Waals surface area contributed by atoms with Crippen LogP contribution in [0.3, 0.4) is 0 Å². The number of benzene rings is 2. The largest absolute Gasteiger partial charge is 0.444 e. The Morgan fingerprint density at radius 2 is 1.60 bits per heavy atom. The van der Waals surface area contributed by atoms with Crippen LogP contribution in [0.15, 0.2) is 54.6 Å². The van der Waals surface area contributed by atoms with Gasteiger partial charge in [0.2, 0.25) is 0 Å². The predicted octanol–water partition coefficient (Wildman–Crippen LogP) is 4.03. The summed E-state index contributed by atoms with van der Waals surface area (Å²) in [6, 6.07) is 13.2. The van der Waals surface area contributed by atoms with E-state index >= 15 is 0 Å². The van der Waals surface area contributed by atoms with E-state index in [2.05, 4.69) is 10.6 Å². The van der Waals surface area contributed by atoms with Crippen LogP contribution in [0.1, 0.15) is 32.4 Å². The summed E-state index contributed by atoms with van der Waals surface area (Å²) < 4.78 is 18.2. The van der Waals surface area contributed by atoms with Gasteiger partial charge in [0.05, 0.1) is 0 Å². The molecule has 0 saturated heterocycles. The number of anilines is 1. The summed E-state index contributed by atoms with van der Waals surface area (Å²) in [5.41, 5.74) is 0.352. The van der Waals surface area contributed by atoms with Crippen LogP contribution in [-0.2, 0) is 9.53 Å². The van der Waals surface area contributed by atoms with E-state index in [-0.39, 0.29) is 0 Å². The van der Waals surface area contributed by atoms with Crippen LogP contribution in [0.5, 0.6) is 0 Å². The number of alkyl carbamates (subject to hydrolysis) is 1. The number of ether oxygens (including phenoxy) is 1. The summed E-state index contributed by atoms with van der Waals surface area (Å²) in [6.45, 7) is 5.22. The number of amides is 2. The average molecular weight is 344 g/mol. The summed E-state index contributed by atoms with van der Waals surface area (Å²) in [6.07, 6.45) is -0.699. The summed E-state index contributed by atoms with van der Waals surface area (Å²) in [4.78, 5) is 24.7. The van der Waals surface area contributed by atoms with E-state index in [1.165, 1.54) is 24.3 Å². The van der Waals surface area contributed by atoms with E-state index in [1.807, 2.05) is 6.07 Å². The number of rotatable bonds is 4. The first kappa shape index (κ1) is 18.4. The average Bonchev–Trinajstić information content (AvgIpc) is 2.54. The Morgan fingerprint density at radius 1 is 1.00 bits per heavy atom. The Morgan fingerprint density at radius 3 is 2.16 bits per heavy atom. The fraction of sp³-hybridized carbons (Fsp3) is 0.263. The van der Waals surface area contributed by atoms with E-state index < -0.39 is 29.5 Å². The van der Waals surface area contributed by atoms with Crippen molar-refractivity contribution in [2.45, 2.75) is 32.4 Å². The second-order valence-electron chi connectivity index (χ2n) is 6.49. The maximum Gasteiger partial charge on any atom is 0.408 e. The fourth-order valence-corrected chi connectivity index (χ4v) is 2.12. The highest BCUT2D eigenvalue weighted by Crippen LogP contribution is 2.18. The molecule has 5 nitrogen and oxygen atoms in total. The lowest BCUT2D eigenvalue weighted by atomic mass is 10.1. The summed E-state index contributed by atoms with van der Waals surface area (Å²) in [7, 11) is 0. The van der Waals surface area contributed by atoms with Gasteiger partial charge < -0.3 is 15.4 Å². The van der Waals surface area contributed by atoms with E-state index in [1.54, 1.807) is 45.0 Å². The molecule has 132 valence electrons. The summed E-state index contributed by atoms with van der Waals surface area (Å²) in [5.74, 6) is -0.854. The SMILES string of the molecule is CC(C)(C)OC(=O)NC(C(=O)Nc1ccc(F)cc1)c1ccccc1. The molecular weight excluding hydrogens is 323 g/mol. The molecule has 2 amide bonds. The van der Waals surface area contributed by atoms with Gasteiger partial charge in [0, 0.05) is 5.69 Å². The molecule has 6 heteroatoms. The van der Waals surface area contributed by atoms with Crippen molar-refractivity contribution in [3.63, 3.8) is 0 Å². The number of carbonyl (C=O) groups excluding carboxylic acids is 2. The molecule has 0 saturated carbocycles. The number of carbonyl (C=O) groups is 2. The Labute approximate surface area is 146 Å². The molecule has 0 aliphatic rings. The lowest BCUT2D eigenvalue weighted by molar-refractivity contribution is -0.118. The van der Waals surface area contributed by atoms with Gasteiger partial charge in [-0.25, -0.2) is 9.18 Å². The molecule has 0 bridgehead atoms. The molecule has 0 heterocycles. The first-order chi connectivity index (χ1) is 11.7. The molecule has 1 atom stereocenters. The van der Waals surface area contributed by atoms with Crippen molar-refractivity contribution >= 4 is 17.7 Å². The summed E-state index contributed by atoms with van der Waals surface area (Å²) in [5, 5.41) is 5.23. The van der Waals surface area contributed by atoms with Crippen molar-refractivity contribution < 1.29 is 18.7 Å². The number of hydrogen-bond acceptors (Lipinski definition) is 3. The normalized spacial score (nSPS) is 12.2. The lowest BCUT2D eigenvalue weighted by Crippen LogP contribution is -2.40. The highest BCUT2D eigenvalue weighted by atomic mass is 19.1. The van der Waals surface area contributed by atoms with Crippen molar-refractivity contribution in [3.8, 4) is 0 Å². The van der Waals surface area contributed by atoms with Gasteiger partial charge in [0.15, 0.2) is 0 Å². The molecule has 0 spiro atoms. The van der Waals surface area contributed by atoms with Crippen LogP contribution in [0, 0.1) is 5.82 Å². The standard InChI is InChI=1S/C19H21FN2O3/c1-19(2,3)25-18(24)22-16(13-7-5-4-6-8-13)17(23)21-15-11-9-14(20)10-12-15/h4-12,16H,1-3H3,(H,21,23)(H,22,24). The minimum Gasteiger partial charge on any atom is -0.444 e. The predicted molar refractivity (Wildman–Crippen MR) is 93.6 cm³/mol. The van der Waals surface area contributed by atoms with Crippen molar-refractivity contribution in [2.75, 3.05) is 5.32 Å². The first-order valence-corrected chi connectivity index (χ1v) is 7.85. The maximum atomic E-state index is 13.0. The third-order valence-electron chi connectivity index (χ3n) is 3.17. The summed E-state index contributed by atoms with van der Waals surface area (Å²) >= 11 is 0. The minimum absolute atomic E-state index is 0.399. The Kier molecular flexibility index (Phi) is 5.75. The van der Waals surface area contributed by atoms with Crippen molar-refractivity contribution in [1.82, 2.24) is 5.32 Å². The Balaban J connectivity index is 2.17. The van der Waals surface area contributed by atoms with E-state index in [0.29, 0.717) is 11.3 Å². The molecule has 0 radical (unpaired) electrons. The second kappa shape index (κ2) is 7.79. The molecule has 2 aromatic rings. The number of hydrogen-bond donors (Lipinski definition) is 2. The third kappa shape index (κ3) is 5.91. The van der Waals surface area contributed by atoms with Crippen molar-refractivity contribution in [2.24, 2.45) is 0 Å². The highest BCUT2D eigenvalue weighted by molar-refractivity contribution is 5.97. The van der Waals surface area contributed by atoms with Crippen LogP contribution in [-0.4, -0.2) is 17.6 Å². The Hall–Kier alpha value is -2.89. The van der Waals surface area contributed by atoms with Crippen molar-refractivity contribution in [1.29, 1.82) is 0 Å². The minimum atomic E-state index is -0.943. The number of nitrogens with one attached hydrogen (secondary N) is 2. The molecule has 2 aromatic carbocycles. The van der Waals surface area contributed by atoms with Crippen LogP contribution in [0.4, 0.5) is 14.9 Å². The van der Waals surface area contributed by atoms with Gasteiger partial charge in [-0.3, -0.25) is 4.79 Å². The maximum absolute atomic E-state index is 13.0. The van der Waals surface area contributed by atoms with Gasteiger partial charge >= 0.3 is 6.09 Å². The van der Waals surface area contributed by atoms with E-state index in [4.69, 9.17) is 4.74 Å². The Bertz CT molecular complexity index is 725. The van der Waals surface area contributed by atoms with Crippen molar-refractivity contribution in [3.05, 3.63) is 66.0 Å². The third-order valence-corrected chi connectivity index (χ3v) is 3.17. The topological polar surface area (TPSA) is 67.4 Å². The van der Waals surface area contributed by atoms with Gasteiger partial charge in [-0.05, 0) is 50.6 Å². The van der Waals surface area contributed by atoms with Crippen LogP contribution in [0.2, 0.25) is 0 Å². The molecule has 1 unspecified atom stereocenters. The van der Waals surface area contributed by atoms with Gasteiger partial charge in [-0.1, -0.05) is 30.3 Å². The molecule has 2 rings (SSSR count). The zero-order valence-corrected chi connectivity index (χ0v) is 14.4. The second-order valence-corrected chi connectivity index (χ2v) is 6.49. The van der Waals surface area contributed by atoms with Crippen LogP contribution in [0.25, 0.3) is 0 Å². The van der Waals surface area contributed by atoms with Gasteiger partial charge in [-0.15, -0.1) is 0 Å². The molecule has 0 fully saturated rings. The van der Waals surface area contributed by atoms with Gasteiger partial charge in [0.1, 0.15) is 17.5 Å². The smallest absolute Gasteiger partial charge is 0.408 e. The molecular formula is C19H21FN2O3. The molecule has 0 aliphatic heterocycles. The molecule has 0 aliphatic carbocycles. The van der Waals surface area contributed by atoms with Crippen LogP contribution < -0.4 is 10.6 Å². The zero-order chi connectivity index (χ0) is 18.4. The first-order valence-electron chi connectivity index (χ1n) is 7.85. The monoisotopic (exact) mass is 344 g/mol. The van der Waals surface area contributed by atoms with Gasteiger partial charge in [-0.2, -0.15) is 0 Å². The van der Waals surface area contributed by atoms with Gasteiger partial charge in [0.25, 0.3) is 5.91 Å². The lowest BCUT2D eigenvalue weighted by Gasteiger charge is -2.23. The molecule has 0 aromatic heterocycles. The molecule has 25 heavy (non-hydrogen) atoms. The van der Waals surface area contributed by atoms with E-state index in [9.17, 15) is 14.0 Å². The molecule has 2 N–H and O–H groups in total. The van der Waals surface area contributed by atoms with E-state index in [0.717, 1.165) is 0 Å². The fourth-order valence-electron chi connectivity index (χ4n) is 2.12.